The minimum absolute atomic E-state index is 0.0646. The van der Waals surface area contributed by atoms with Crippen molar-refractivity contribution in [2.75, 3.05) is 5.32 Å². The standard InChI is InChI=1S/C11H9ClFN3O/c1-6-5-9(16-15-6)14-11(17)10-7(12)3-2-4-8(10)13/h2-5H,1H3,(H2,14,15,16,17). The smallest absolute Gasteiger partial charge is 0.261 e. The topological polar surface area (TPSA) is 57.8 Å². The Morgan fingerprint density at radius 2 is 2.29 bits per heavy atom. The van der Waals surface area contributed by atoms with Gasteiger partial charge in [0.15, 0.2) is 5.82 Å². The highest BCUT2D eigenvalue weighted by Gasteiger charge is 2.16. The molecule has 88 valence electrons. The van der Waals surface area contributed by atoms with Gasteiger partial charge in [-0.05, 0) is 19.1 Å². The molecule has 0 bridgehead atoms. The van der Waals surface area contributed by atoms with E-state index in [1.54, 1.807) is 13.0 Å². The van der Waals surface area contributed by atoms with E-state index in [4.69, 9.17) is 11.6 Å². The molecule has 0 spiro atoms. The summed E-state index contributed by atoms with van der Waals surface area (Å²) in [6, 6.07) is 5.70. The van der Waals surface area contributed by atoms with Crippen LogP contribution in [0.5, 0.6) is 0 Å². The second-order valence-electron chi connectivity index (χ2n) is 3.49. The van der Waals surface area contributed by atoms with Crippen LogP contribution in [0.25, 0.3) is 0 Å². The van der Waals surface area contributed by atoms with E-state index in [-0.39, 0.29) is 10.6 Å². The minimum Gasteiger partial charge on any atom is -0.305 e. The molecule has 0 aliphatic carbocycles. The summed E-state index contributed by atoms with van der Waals surface area (Å²) >= 11 is 5.77. The maximum absolute atomic E-state index is 13.4. The summed E-state index contributed by atoms with van der Waals surface area (Å²) in [6.07, 6.45) is 0. The third-order valence-electron chi connectivity index (χ3n) is 2.14. The van der Waals surface area contributed by atoms with Gasteiger partial charge < -0.3 is 5.32 Å². The molecule has 1 aromatic carbocycles. The first-order valence-corrected chi connectivity index (χ1v) is 5.23. The van der Waals surface area contributed by atoms with Crippen LogP contribution in [0.2, 0.25) is 5.02 Å². The van der Waals surface area contributed by atoms with E-state index in [2.05, 4.69) is 15.5 Å². The number of nitrogens with zero attached hydrogens (tertiary/aromatic N) is 1. The number of hydrogen-bond acceptors (Lipinski definition) is 2. The summed E-state index contributed by atoms with van der Waals surface area (Å²) in [6.45, 7) is 1.79. The van der Waals surface area contributed by atoms with Crippen LogP contribution < -0.4 is 5.32 Å². The van der Waals surface area contributed by atoms with Crippen LogP contribution in [-0.4, -0.2) is 16.1 Å². The van der Waals surface area contributed by atoms with Crippen molar-refractivity contribution in [2.45, 2.75) is 6.92 Å². The van der Waals surface area contributed by atoms with Crippen molar-refractivity contribution >= 4 is 23.3 Å². The number of anilines is 1. The number of halogens is 2. The Morgan fingerprint density at radius 3 is 2.88 bits per heavy atom. The number of hydrogen-bond donors (Lipinski definition) is 2. The molecule has 2 rings (SSSR count). The van der Waals surface area contributed by atoms with Gasteiger partial charge in [-0.15, -0.1) is 0 Å². The lowest BCUT2D eigenvalue weighted by atomic mass is 10.2. The SMILES string of the molecule is Cc1cc(NC(=O)c2c(F)cccc2Cl)n[nH]1. The lowest BCUT2D eigenvalue weighted by Gasteiger charge is -2.04. The molecule has 0 radical (unpaired) electrons. The largest absolute Gasteiger partial charge is 0.305 e. The Kier molecular flexibility index (Phi) is 3.10. The maximum atomic E-state index is 13.4. The number of benzene rings is 1. The van der Waals surface area contributed by atoms with Crippen LogP contribution in [0.4, 0.5) is 10.2 Å². The molecule has 0 unspecified atom stereocenters. The van der Waals surface area contributed by atoms with E-state index >= 15 is 0 Å². The molecular formula is C11H9ClFN3O. The highest BCUT2D eigenvalue weighted by molar-refractivity contribution is 6.34. The lowest BCUT2D eigenvalue weighted by molar-refractivity contribution is 0.102. The van der Waals surface area contributed by atoms with E-state index in [1.165, 1.54) is 18.2 Å². The molecule has 4 nitrogen and oxygen atoms in total. The summed E-state index contributed by atoms with van der Waals surface area (Å²) in [7, 11) is 0. The fraction of sp³-hybridized carbons (Fsp3) is 0.0909. The predicted octanol–water partition coefficient (Wildman–Crippen LogP) is 2.76. The van der Waals surface area contributed by atoms with Crippen molar-refractivity contribution in [1.82, 2.24) is 10.2 Å². The van der Waals surface area contributed by atoms with E-state index in [9.17, 15) is 9.18 Å². The molecule has 2 aromatic rings. The van der Waals surface area contributed by atoms with Crippen LogP contribution in [0.3, 0.4) is 0 Å². The fourth-order valence-corrected chi connectivity index (χ4v) is 1.62. The maximum Gasteiger partial charge on any atom is 0.261 e. The predicted molar refractivity (Wildman–Crippen MR) is 62.7 cm³/mol. The Bertz CT molecular complexity index is 547. The van der Waals surface area contributed by atoms with Gasteiger partial charge in [-0.2, -0.15) is 5.10 Å². The number of aromatic amines is 1. The molecule has 6 heteroatoms. The fourth-order valence-electron chi connectivity index (χ4n) is 1.38. The van der Waals surface area contributed by atoms with Gasteiger partial charge in [0, 0.05) is 11.8 Å². The first kappa shape index (κ1) is 11.6. The Balaban J connectivity index is 2.26. The van der Waals surface area contributed by atoms with Gasteiger partial charge >= 0.3 is 0 Å². The first-order chi connectivity index (χ1) is 8.08. The molecule has 17 heavy (non-hydrogen) atoms. The number of aryl methyl sites for hydroxylation is 1. The number of aromatic nitrogens is 2. The Hall–Kier alpha value is -1.88. The average Bonchev–Trinajstić information content (AvgIpc) is 2.63. The zero-order valence-corrected chi connectivity index (χ0v) is 9.68. The molecular weight excluding hydrogens is 245 g/mol. The van der Waals surface area contributed by atoms with Crippen LogP contribution in [0, 0.1) is 12.7 Å². The third kappa shape index (κ3) is 2.45. The van der Waals surface area contributed by atoms with Gasteiger partial charge in [0.25, 0.3) is 5.91 Å². The van der Waals surface area contributed by atoms with Crippen molar-refractivity contribution in [1.29, 1.82) is 0 Å². The molecule has 0 fully saturated rings. The van der Waals surface area contributed by atoms with Gasteiger partial charge in [0.2, 0.25) is 0 Å². The summed E-state index contributed by atoms with van der Waals surface area (Å²) in [4.78, 5) is 11.8. The monoisotopic (exact) mass is 253 g/mol. The van der Waals surface area contributed by atoms with Gasteiger partial charge in [-0.3, -0.25) is 9.89 Å². The van der Waals surface area contributed by atoms with E-state index in [0.717, 1.165) is 5.69 Å². The summed E-state index contributed by atoms with van der Waals surface area (Å²) in [5, 5.41) is 9.00. The Labute approximate surface area is 102 Å². The quantitative estimate of drug-likeness (QED) is 0.865. The summed E-state index contributed by atoms with van der Waals surface area (Å²) in [5.41, 5.74) is 0.606. The molecule has 0 aliphatic heterocycles. The van der Waals surface area contributed by atoms with E-state index in [1.807, 2.05) is 0 Å². The van der Waals surface area contributed by atoms with E-state index < -0.39 is 11.7 Å². The molecule has 0 saturated carbocycles. The van der Waals surface area contributed by atoms with Crippen LogP contribution in [0.1, 0.15) is 16.1 Å². The van der Waals surface area contributed by atoms with Crippen molar-refractivity contribution in [3.8, 4) is 0 Å². The van der Waals surface area contributed by atoms with Crippen LogP contribution >= 0.6 is 11.6 Å². The number of carbonyl (C=O) groups is 1. The number of carbonyl (C=O) groups excluding carboxylic acids is 1. The van der Waals surface area contributed by atoms with Gasteiger partial charge in [0.1, 0.15) is 5.82 Å². The molecule has 0 atom stereocenters. The number of amides is 1. The zero-order valence-electron chi connectivity index (χ0n) is 8.92. The molecule has 0 saturated heterocycles. The third-order valence-corrected chi connectivity index (χ3v) is 2.45. The second kappa shape index (κ2) is 4.55. The van der Waals surface area contributed by atoms with Gasteiger partial charge in [0.05, 0.1) is 10.6 Å². The van der Waals surface area contributed by atoms with Crippen molar-refractivity contribution < 1.29 is 9.18 Å². The molecule has 2 N–H and O–H groups in total. The number of rotatable bonds is 2. The first-order valence-electron chi connectivity index (χ1n) is 4.85. The molecule has 1 aromatic heterocycles. The van der Waals surface area contributed by atoms with Gasteiger partial charge in [-0.1, -0.05) is 17.7 Å². The highest BCUT2D eigenvalue weighted by Crippen LogP contribution is 2.20. The zero-order chi connectivity index (χ0) is 12.4. The molecule has 0 aliphatic rings. The van der Waals surface area contributed by atoms with Crippen molar-refractivity contribution in [3.05, 3.63) is 46.4 Å². The van der Waals surface area contributed by atoms with Crippen LogP contribution in [-0.2, 0) is 0 Å². The van der Waals surface area contributed by atoms with Crippen molar-refractivity contribution in [2.24, 2.45) is 0 Å². The lowest BCUT2D eigenvalue weighted by Crippen LogP contribution is -2.14. The van der Waals surface area contributed by atoms with E-state index in [0.29, 0.717) is 5.82 Å². The van der Waals surface area contributed by atoms with Crippen molar-refractivity contribution in [3.63, 3.8) is 0 Å². The summed E-state index contributed by atoms with van der Waals surface area (Å²) in [5.74, 6) is -0.964. The normalized spacial score (nSPS) is 10.3. The second-order valence-corrected chi connectivity index (χ2v) is 3.89. The molecule has 1 heterocycles. The Morgan fingerprint density at radius 1 is 1.53 bits per heavy atom. The minimum atomic E-state index is -0.665. The summed E-state index contributed by atoms with van der Waals surface area (Å²) < 4.78 is 13.4. The average molecular weight is 254 g/mol. The number of H-pyrrole nitrogens is 1. The van der Waals surface area contributed by atoms with Crippen LogP contribution in [0.15, 0.2) is 24.3 Å². The van der Waals surface area contributed by atoms with Gasteiger partial charge in [-0.25, -0.2) is 4.39 Å². The number of nitrogens with one attached hydrogen (secondary N) is 2. The molecule has 1 amide bonds. The highest BCUT2D eigenvalue weighted by atomic mass is 35.5.